The number of hydrogen-bond donors (Lipinski definition) is 2. The molecule has 0 saturated heterocycles. The summed E-state index contributed by atoms with van der Waals surface area (Å²) in [7, 11) is 1.64. The number of methoxy groups -OCH3 is 1. The molecule has 7 nitrogen and oxygen atoms in total. The second-order valence-corrected chi connectivity index (χ2v) is 18.2. The lowest BCUT2D eigenvalue weighted by molar-refractivity contribution is -0.202. The number of ether oxygens (including phenoxy) is 1. The van der Waals surface area contributed by atoms with Gasteiger partial charge in [-0.2, -0.15) is 0 Å². The largest absolute Gasteiger partial charge is 0.497 e. The van der Waals surface area contributed by atoms with Crippen LogP contribution in [0.5, 0.6) is 5.75 Å². The van der Waals surface area contributed by atoms with Crippen LogP contribution in [-0.2, 0) is 16.1 Å². The number of benzene rings is 1. The minimum absolute atomic E-state index is 0.0436. The first-order valence-electron chi connectivity index (χ1n) is 18.3. The fraction of sp³-hybridized carbons (Fsp3) is 0.683. The lowest BCUT2D eigenvalue weighted by atomic mass is 9.33. The molecule has 0 aliphatic heterocycles. The molecule has 0 radical (unpaired) electrons. The summed E-state index contributed by atoms with van der Waals surface area (Å²) in [6, 6.07) is 9.55. The molecular weight excluding hydrogens is 600 g/mol. The lowest BCUT2D eigenvalue weighted by Gasteiger charge is -2.70. The molecule has 1 aromatic carbocycles. The number of aliphatic hydroxyl groups is 1. The first-order chi connectivity index (χ1) is 22.5. The average molecular weight is 657 g/mol. The SMILES string of the molecule is COc1ccc(-c2cc(CNC(=O)[C@@]3(C)CC[C@]4(C)CC[C@]5(C)C(=CC(=O)[C@@H]6[C@@]7(C)CC[C@H](O)C(C)(C)C7CC[C@]65C)[C@H]4C3)on2)cc1. The number of carbonyl (C=O) groups is 2. The molecule has 2 N–H and O–H groups in total. The van der Waals surface area contributed by atoms with Crippen LogP contribution in [0.25, 0.3) is 11.3 Å². The predicted octanol–water partition coefficient (Wildman–Crippen LogP) is 8.31. The van der Waals surface area contributed by atoms with Gasteiger partial charge in [-0.3, -0.25) is 9.59 Å². The van der Waals surface area contributed by atoms with E-state index in [2.05, 4.69) is 65.0 Å². The van der Waals surface area contributed by atoms with Crippen molar-refractivity contribution in [3.63, 3.8) is 0 Å². The number of rotatable bonds is 5. The van der Waals surface area contributed by atoms with Gasteiger partial charge in [-0.1, -0.05) is 59.2 Å². The zero-order valence-corrected chi connectivity index (χ0v) is 30.4. The lowest BCUT2D eigenvalue weighted by Crippen LogP contribution is -2.66. The van der Waals surface area contributed by atoms with Crippen LogP contribution in [0.3, 0.4) is 0 Å². The Hall–Kier alpha value is -2.93. The summed E-state index contributed by atoms with van der Waals surface area (Å²) < 4.78 is 10.9. The first-order valence-corrected chi connectivity index (χ1v) is 18.3. The van der Waals surface area contributed by atoms with Crippen LogP contribution in [0.15, 0.2) is 46.5 Å². The number of allylic oxidation sites excluding steroid dienone is 2. The van der Waals surface area contributed by atoms with Crippen molar-refractivity contribution >= 4 is 11.7 Å². The van der Waals surface area contributed by atoms with E-state index in [9.17, 15) is 14.7 Å². The number of aromatic nitrogens is 1. The second-order valence-electron chi connectivity index (χ2n) is 18.2. The Balaban J connectivity index is 1.13. The molecule has 5 aliphatic carbocycles. The van der Waals surface area contributed by atoms with Crippen molar-refractivity contribution in [3.8, 4) is 17.0 Å². The molecule has 1 heterocycles. The minimum atomic E-state index is -0.546. The van der Waals surface area contributed by atoms with Gasteiger partial charge in [-0.25, -0.2) is 0 Å². The van der Waals surface area contributed by atoms with Crippen LogP contribution in [0.2, 0.25) is 0 Å². The van der Waals surface area contributed by atoms with E-state index in [0.29, 0.717) is 17.5 Å². The zero-order chi connectivity index (χ0) is 34.5. The smallest absolute Gasteiger partial charge is 0.226 e. The molecule has 4 fully saturated rings. The third-order valence-corrected chi connectivity index (χ3v) is 15.5. The number of amides is 1. The van der Waals surface area contributed by atoms with Gasteiger partial charge in [0.25, 0.3) is 0 Å². The van der Waals surface area contributed by atoms with Gasteiger partial charge in [0.05, 0.1) is 19.8 Å². The summed E-state index contributed by atoms with van der Waals surface area (Å²) >= 11 is 0. The number of nitrogens with zero attached hydrogens (tertiary/aromatic N) is 1. The molecule has 1 aromatic heterocycles. The van der Waals surface area contributed by atoms with Gasteiger partial charge in [-0.15, -0.1) is 0 Å². The van der Waals surface area contributed by atoms with E-state index in [-0.39, 0.29) is 57.5 Å². The van der Waals surface area contributed by atoms with Crippen LogP contribution in [-0.4, -0.2) is 35.2 Å². The zero-order valence-electron chi connectivity index (χ0n) is 30.4. The van der Waals surface area contributed by atoms with Crippen molar-refractivity contribution in [1.29, 1.82) is 0 Å². The number of hydrogen-bond acceptors (Lipinski definition) is 6. The Labute approximate surface area is 286 Å². The van der Waals surface area contributed by atoms with Crippen molar-refractivity contribution in [2.45, 2.75) is 119 Å². The van der Waals surface area contributed by atoms with Crippen molar-refractivity contribution in [3.05, 3.63) is 47.7 Å². The standard InChI is InChI=1S/C41H56N2O5/c1-36(2)32-13-16-41(7)34(39(32,5)15-14-33(36)45)31(44)22-28-29-23-38(4,18-17-37(29,3)19-20-40(28,41)6)35(46)42-24-27-21-30(43-48-27)25-9-11-26(47-8)12-10-25/h9-12,21-22,29,32-34,45H,13-20,23-24H2,1-8H3,(H,42,46)/t29-,32?,33+,34-,37-,38+,39+,40-,41-/m1/s1. The Kier molecular flexibility index (Phi) is 7.72. The van der Waals surface area contributed by atoms with Crippen molar-refractivity contribution in [2.75, 3.05) is 7.11 Å². The maximum atomic E-state index is 14.6. The van der Waals surface area contributed by atoms with Gasteiger partial charge in [0.2, 0.25) is 5.91 Å². The maximum Gasteiger partial charge on any atom is 0.226 e. The Morgan fingerprint density at radius 1 is 0.979 bits per heavy atom. The molecule has 0 spiro atoms. The molecule has 0 bridgehead atoms. The molecule has 260 valence electrons. The highest BCUT2D eigenvalue weighted by Crippen LogP contribution is 2.75. The van der Waals surface area contributed by atoms with Crippen molar-refractivity contribution in [1.82, 2.24) is 10.5 Å². The maximum absolute atomic E-state index is 14.6. The molecule has 9 atom stereocenters. The monoisotopic (exact) mass is 656 g/mol. The quantitative estimate of drug-likeness (QED) is 0.336. The molecule has 5 aliphatic rings. The van der Waals surface area contributed by atoms with E-state index in [1.807, 2.05) is 30.3 Å². The minimum Gasteiger partial charge on any atom is -0.497 e. The van der Waals surface area contributed by atoms with Gasteiger partial charge in [-0.05, 0) is 127 Å². The number of ketones is 1. The summed E-state index contributed by atoms with van der Waals surface area (Å²) in [5, 5.41) is 18.5. The molecule has 7 heteroatoms. The molecule has 4 saturated carbocycles. The molecule has 48 heavy (non-hydrogen) atoms. The topological polar surface area (TPSA) is 102 Å². The third kappa shape index (κ3) is 4.72. The summed E-state index contributed by atoms with van der Waals surface area (Å²) in [4.78, 5) is 28.6. The van der Waals surface area contributed by atoms with Gasteiger partial charge < -0.3 is 19.7 Å². The fourth-order valence-corrected chi connectivity index (χ4v) is 12.0. The van der Waals surface area contributed by atoms with Gasteiger partial charge >= 0.3 is 0 Å². The third-order valence-electron chi connectivity index (χ3n) is 15.5. The number of nitrogens with one attached hydrogen (secondary N) is 1. The van der Waals surface area contributed by atoms with Gasteiger partial charge in [0, 0.05) is 23.0 Å². The summed E-state index contributed by atoms with van der Waals surface area (Å²) in [5.41, 5.74) is 1.91. The van der Waals surface area contributed by atoms with Crippen LogP contribution in [0, 0.1) is 50.2 Å². The summed E-state index contributed by atoms with van der Waals surface area (Å²) in [6.07, 6.45) is 10.2. The van der Waals surface area contributed by atoms with Crippen LogP contribution in [0.4, 0.5) is 0 Å². The highest BCUT2D eigenvalue weighted by atomic mass is 16.5. The fourth-order valence-electron chi connectivity index (χ4n) is 12.0. The number of carbonyl (C=O) groups excluding carboxylic acids is 2. The Morgan fingerprint density at radius 3 is 2.40 bits per heavy atom. The predicted molar refractivity (Wildman–Crippen MR) is 186 cm³/mol. The summed E-state index contributed by atoms with van der Waals surface area (Å²) in [5.74, 6) is 2.20. The van der Waals surface area contributed by atoms with Crippen molar-refractivity contribution in [2.24, 2.45) is 50.2 Å². The van der Waals surface area contributed by atoms with Gasteiger partial charge in [0.1, 0.15) is 11.4 Å². The number of aliphatic hydroxyl groups excluding tert-OH is 1. The number of fused-ring (bicyclic) bond motifs is 7. The van der Waals surface area contributed by atoms with Crippen molar-refractivity contribution < 1.29 is 24.0 Å². The molecule has 1 amide bonds. The van der Waals surface area contributed by atoms with E-state index < -0.39 is 5.41 Å². The van der Waals surface area contributed by atoms with Crippen LogP contribution in [0.1, 0.15) is 112 Å². The second kappa shape index (κ2) is 11.0. The molecule has 1 unspecified atom stereocenters. The average Bonchev–Trinajstić information content (AvgIpc) is 3.53. The van der Waals surface area contributed by atoms with E-state index in [1.165, 1.54) is 5.57 Å². The first kappa shape index (κ1) is 33.6. The molecular formula is C41H56N2O5. The van der Waals surface area contributed by atoms with E-state index in [0.717, 1.165) is 74.8 Å². The molecule has 2 aromatic rings. The van der Waals surface area contributed by atoms with E-state index >= 15 is 0 Å². The van der Waals surface area contributed by atoms with Gasteiger partial charge in [0.15, 0.2) is 11.5 Å². The van der Waals surface area contributed by atoms with Crippen LogP contribution < -0.4 is 10.1 Å². The highest BCUT2D eigenvalue weighted by Gasteiger charge is 2.70. The van der Waals surface area contributed by atoms with E-state index in [4.69, 9.17) is 9.26 Å². The van der Waals surface area contributed by atoms with E-state index in [1.54, 1.807) is 7.11 Å². The normalized spacial score (nSPS) is 41.6. The Morgan fingerprint density at radius 2 is 1.69 bits per heavy atom. The van der Waals surface area contributed by atoms with Crippen LogP contribution >= 0.6 is 0 Å². The molecule has 7 rings (SSSR count). The highest BCUT2D eigenvalue weighted by molar-refractivity contribution is 5.95. The Bertz CT molecular complexity index is 1640. The summed E-state index contributed by atoms with van der Waals surface area (Å²) in [6.45, 7) is 16.5.